The Balaban J connectivity index is 2.31. The van der Waals surface area contributed by atoms with Crippen molar-refractivity contribution in [2.24, 2.45) is 0 Å². The number of amides is 1. The Morgan fingerprint density at radius 3 is 2.29 bits per heavy atom. The van der Waals surface area contributed by atoms with Gasteiger partial charge in [0, 0.05) is 32.2 Å². The summed E-state index contributed by atoms with van der Waals surface area (Å²) < 4.78 is 0. The summed E-state index contributed by atoms with van der Waals surface area (Å²) in [5, 5.41) is 8.90. The maximum absolute atomic E-state index is 10.8. The van der Waals surface area contributed by atoms with Crippen molar-refractivity contribution in [1.29, 1.82) is 0 Å². The third-order valence-corrected chi connectivity index (χ3v) is 3.71. The average molecular weight is 242 g/mol. The first kappa shape index (κ1) is 14.3. The number of nitrogens with zero attached hydrogens (tertiary/aromatic N) is 2. The van der Waals surface area contributed by atoms with Crippen LogP contribution in [-0.2, 0) is 0 Å². The van der Waals surface area contributed by atoms with Crippen LogP contribution in [0.25, 0.3) is 0 Å². The third kappa shape index (κ3) is 4.54. The van der Waals surface area contributed by atoms with Crippen LogP contribution in [0.2, 0.25) is 0 Å². The number of hydrogen-bond donors (Lipinski definition) is 1. The fourth-order valence-corrected chi connectivity index (χ4v) is 2.55. The molecule has 0 radical (unpaired) electrons. The van der Waals surface area contributed by atoms with E-state index < -0.39 is 6.09 Å². The third-order valence-electron chi connectivity index (χ3n) is 3.71. The van der Waals surface area contributed by atoms with E-state index in [1.54, 1.807) is 0 Å². The van der Waals surface area contributed by atoms with Gasteiger partial charge in [0.25, 0.3) is 0 Å². The zero-order chi connectivity index (χ0) is 12.7. The van der Waals surface area contributed by atoms with Gasteiger partial charge in [-0.2, -0.15) is 0 Å². The lowest BCUT2D eigenvalue weighted by molar-refractivity contribution is 0.0803. The van der Waals surface area contributed by atoms with Gasteiger partial charge in [-0.1, -0.05) is 33.1 Å². The van der Waals surface area contributed by atoms with Gasteiger partial charge in [0.1, 0.15) is 0 Å². The molecular formula is C13H26N2O2. The number of carbonyl (C=O) groups is 1. The molecule has 0 saturated carbocycles. The van der Waals surface area contributed by atoms with Crippen molar-refractivity contribution in [2.75, 3.05) is 26.2 Å². The molecule has 4 nitrogen and oxygen atoms in total. The molecule has 1 amide bonds. The summed E-state index contributed by atoms with van der Waals surface area (Å²) in [5.41, 5.74) is 0. The Labute approximate surface area is 105 Å². The van der Waals surface area contributed by atoms with E-state index in [1.165, 1.54) is 37.0 Å². The van der Waals surface area contributed by atoms with E-state index in [2.05, 4.69) is 18.7 Å². The molecule has 0 spiro atoms. The summed E-state index contributed by atoms with van der Waals surface area (Å²) in [6.07, 6.45) is 5.54. The maximum Gasteiger partial charge on any atom is 0.407 e. The molecule has 1 heterocycles. The van der Waals surface area contributed by atoms with E-state index in [0.29, 0.717) is 19.1 Å². The van der Waals surface area contributed by atoms with Gasteiger partial charge >= 0.3 is 6.09 Å². The molecule has 1 unspecified atom stereocenters. The van der Waals surface area contributed by atoms with Crippen LogP contribution in [0, 0.1) is 0 Å². The van der Waals surface area contributed by atoms with Crippen molar-refractivity contribution in [3.05, 3.63) is 0 Å². The van der Waals surface area contributed by atoms with Gasteiger partial charge in [-0.3, -0.25) is 4.90 Å². The van der Waals surface area contributed by atoms with E-state index in [0.717, 1.165) is 13.1 Å². The first-order valence-corrected chi connectivity index (χ1v) is 6.91. The van der Waals surface area contributed by atoms with Gasteiger partial charge in [0.05, 0.1) is 0 Å². The molecule has 1 aliphatic rings. The van der Waals surface area contributed by atoms with Gasteiger partial charge < -0.3 is 10.0 Å². The minimum Gasteiger partial charge on any atom is -0.465 e. The number of carboxylic acid groups (broad SMARTS) is 1. The summed E-state index contributed by atoms with van der Waals surface area (Å²) >= 11 is 0. The minimum atomic E-state index is -0.774. The van der Waals surface area contributed by atoms with Gasteiger partial charge in [-0.15, -0.1) is 0 Å². The number of hydrogen-bond acceptors (Lipinski definition) is 2. The number of unbranched alkanes of at least 4 members (excludes halogenated alkanes) is 2. The standard InChI is InChI=1S/C13H26N2O2/c1-3-5-6-7-12(4-2)14-8-10-15(11-9-14)13(16)17/h12H,3-11H2,1-2H3,(H,16,17). The van der Waals surface area contributed by atoms with E-state index in [4.69, 9.17) is 5.11 Å². The van der Waals surface area contributed by atoms with Crippen molar-refractivity contribution in [3.63, 3.8) is 0 Å². The zero-order valence-electron chi connectivity index (χ0n) is 11.2. The highest BCUT2D eigenvalue weighted by Crippen LogP contribution is 2.15. The Morgan fingerprint density at radius 1 is 1.18 bits per heavy atom. The van der Waals surface area contributed by atoms with Crippen LogP contribution in [0.1, 0.15) is 46.0 Å². The predicted molar refractivity (Wildman–Crippen MR) is 69.4 cm³/mol. The molecule has 1 saturated heterocycles. The molecule has 0 aliphatic carbocycles. The summed E-state index contributed by atoms with van der Waals surface area (Å²) in [6.45, 7) is 7.60. The predicted octanol–water partition coefficient (Wildman–Crippen LogP) is 2.64. The molecule has 1 rings (SSSR count). The fraction of sp³-hybridized carbons (Fsp3) is 0.923. The second kappa shape index (κ2) is 7.54. The van der Waals surface area contributed by atoms with Gasteiger partial charge in [0.15, 0.2) is 0 Å². The molecule has 0 aromatic rings. The Bertz CT molecular complexity index is 225. The van der Waals surface area contributed by atoms with Crippen LogP contribution in [0.15, 0.2) is 0 Å². The first-order valence-electron chi connectivity index (χ1n) is 6.91. The quantitative estimate of drug-likeness (QED) is 0.728. The monoisotopic (exact) mass is 242 g/mol. The highest BCUT2D eigenvalue weighted by Gasteiger charge is 2.24. The van der Waals surface area contributed by atoms with E-state index >= 15 is 0 Å². The van der Waals surface area contributed by atoms with Crippen LogP contribution in [0.5, 0.6) is 0 Å². The lowest BCUT2D eigenvalue weighted by Crippen LogP contribution is -2.51. The lowest BCUT2D eigenvalue weighted by atomic mass is 10.0. The van der Waals surface area contributed by atoms with Crippen molar-refractivity contribution < 1.29 is 9.90 Å². The maximum atomic E-state index is 10.8. The largest absolute Gasteiger partial charge is 0.465 e. The lowest BCUT2D eigenvalue weighted by Gasteiger charge is -2.38. The summed E-state index contributed by atoms with van der Waals surface area (Å²) in [5.74, 6) is 0. The molecule has 1 fully saturated rings. The number of rotatable bonds is 6. The molecule has 4 heteroatoms. The Hall–Kier alpha value is -0.770. The first-order chi connectivity index (χ1) is 8.19. The molecule has 1 N–H and O–H groups in total. The van der Waals surface area contributed by atoms with Crippen LogP contribution in [0.3, 0.4) is 0 Å². The van der Waals surface area contributed by atoms with Gasteiger partial charge in [-0.25, -0.2) is 4.79 Å². The van der Waals surface area contributed by atoms with Crippen LogP contribution >= 0.6 is 0 Å². The second-order valence-corrected chi connectivity index (χ2v) is 4.86. The zero-order valence-corrected chi connectivity index (χ0v) is 11.2. The molecule has 1 atom stereocenters. The topological polar surface area (TPSA) is 43.8 Å². The van der Waals surface area contributed by atoms with Gasteiger partial charge in [0.2, 0.25) is 0 Å². The van der Waals surface area contributed by atoms with Crippen molar-refractivity contribution in [2.45, 2.75) is 52.0 Å². The highest BCUT2D eigenvalue weighted by molar-refractivity contribution is 5.65. The molecule has 0 bridgehead atoms. The summed E-state index contributed by atoms with van der Waals surface area (Å²) in [4.78, 5) is 14.8. The molecule has 1 aliphatic heterocycles. The van der Waals surface area contributed by atoms with E-state index in [-0.39, 0.29) is 0 Å². The van der Waals surface area contributed by atoms with Crippen LogP contribution in [0.4, 0.5) is 4.79 Å². The second-order valence-electron chi connectivity index (χ2n) is 4.86. The average Bonchev–Trinajstić information content (AvgIpc) is 2.35. The molecular weight excluding hydrogens is 216 g/mol. The Morgan fingerprint density at radius 2 is 1.82 bits per heavy atom. The summed E-state index contributed by atoms with van der Waals surface area (Å²) in [6, 6.07) is 0.650. The smallest absolute Gasteiger partial charge is 0.407 e. The van der Waals surface area contributed by atoms with E-state index in [1.807, 2.05) is 0 Å². The molecule has 100 valence electrons. The summed E-state index contributed by atoms with van der Waals surface area (Å²) in [7, 11) is 0. The Kier molecular flexibility index (Phi) is 6.34. The molecule has 0 aromatic carbocycles. The SMILES string of the molecule is CCCCCC(CC)N1CCN(C(=O)O)CC1. The van der Waals surface area contributed by atoms with Crippen LogP contribution < -0.4 is 0 Å². The normalized spacial score (nSPS) is 19.3. The van der Waals surface area contributed by atoms with Crippen LogP contribution in [-0.4, -0.2) is 53.2 Å². The minimum absolute atomic E-state index is 0.650. The number of piperazine rings is 1. The van der Waals surface area contributed by atoms with Gasteiger partial charge in [-0.05, 0) is 12.8 Å². The fourth-order valence-electron chi connectivity index (χ4n) is 2.55. The van der Waals surface area contributed by atoms with Crippen molar-refractivity contribution in [3.8, 4) is 0 Å². The van der Waals surface area contributed by atoms with Crippen molar-refractivity contribution >= 4 is 6.09 Å². The molecule has 17 heavy (non-hydrogen) atoms. The van der Waals surface area contributed by atoms with Crippen molar-refractivity contribution in [1.82, 2.24) is 9.80 Å². The highest BCUT2D eigenvalue weighted by atomic mass is 16.4. The van der Waals surface area contributed by atoms with E-state index in [9.17, 15) is 4.79 Å². The molecule has 0 aromatic heterocycles.